The van der Waals surface area contributed by atoms with Crippen molar-refractivity contribution in [1.29, 1.82) is 0 Å². The van der Waals surface area contributed by atoms with Crippen molar-refractivity contribution in [2.75, 3.05) is 39.3 Å². The van der Waals surface area contributed by atoms with Crippen LogP contribution in [-0.2, 0) is 16.1 Å². The summed E-state index contributed by atoms with van der Waals surface area (Å²) in [4.78, 5) is 19.4. The van der Waals surface area contributed by atoms with E-state index in [0.29, 0.717) is 17.1 Å². The van der Waals surface area contributed by atoms with E-state index in [2.05, 4.69) is 4.90 Å². The second-order valence-corrected chi connectivity index (χ2v) is 8.21. The Morgan fingerprint density at radius 2 is 1.94 bits per heavy atom. The first-order valence-electron chi connectivity index (χ1n) is 10.8. The largest absolute Gasteiger partial charge is 0.493 e. The van der Waals surface area contributed by atoms with E-state index in [4.69, 9.17) is 23.9 Å². The van der Waals surface area contributed by atoms with Crippen LogP contribution >= 0.6 is 0 Å². The van der Waals surface area contributed by atoms with Crippen LogP contribution < -0.4 is 14.4 Å². The summed E-state index contributed by atoms with van der Waals surface area (Å²) in [5.41, 5.74) is 3.12. The van der Waals surface area contributed by atoms with Gasteiger partial charge in [-0.25, -0.2) is 9.78 Å². The minimum Gasteiger partial charge on any atom is -0.493 e. The minimum absolute atomic E-state index is 0.250. The van der Waals surface area contributed by atoms with Crippen LogP contribution in [0.1, 0.15) is 28.8 Å². The molecular formula is C25H26N2O5. The van der Waals surface area contributed by atoms with Crippen LogP contribution in [0.4, 0.5) is 5.82 Å². The molecule has 1 aromatic heterocycles. The number of methoxy groups -OCH3 is 2. The lowest BCUT2D eigenvalue weighted by Crippen LogP contribution is -2.29. The highest BCUT2D eigenvalue weighted by molar-refractivity contribution is 6.11. The summed E-state index contributed by atoms with van der Waals surface area (Å²) in [6, 6.07) is 9.81. The van der Waals surface area contributed by atoms with Gasteiger partial charge in [-0.3, -0.25) is 0 Å². The molecule has 1 unspecified atom stereocenters. The standard InChI is InChI=1S/C25H26N2O5/c1-27(13-18-5-4-8-31-18)22-7-6-15(12-26-22)23-19-11-21(30-3)20(29-2)10-16(19)9-17-14-32-25(28)24(17)23/h6-7,9-12,18H,4-5,8,13-14H2,1-3H3. The van der Waals surface area contributed by atoms with Crippen molar-refractivity contribution >= 4 is 22.6 Å². The third-order valence-electron chi connectivity index (χ3n) is 6.22. The highest BCUT2D eigenvalue weighted by Crippen LogP contribution is 2.42. The zero-order valence-electron chi connectivity index (χ0n) is 18.5. The van der Waals surface area contributed by atoms with E-state index in [9.17, 15) is 4.79 Å². The number of fused-ring (bicyclic) bond motifs is 2. The van der Waals surface area contributed by atoms with Gasteiger partial charge in [0.1, 0.15) is 12.4 Å². The predicted octanol–water partition coefficient (Wildman–Crippen LogP) is 4.20. The molecule has 0 amide bonds. The molecule has 5 rings (SSSR count). The van der Waals surface area contributed by atoms with Gasteiger partial charge in [-0.05, 0) is 53.9 Å². The molecule has 1 fully saturated rings. The Morgan fingerprint density at radius 1 is 1.12 bits per heavy atom. The number of anilines is 1. The van der Waals surface area contributed by atoms with E-state index >= 15 is 0 Å². The number of hydrogen-bond acceptors (Lipinski definition) is 7. The fourth-order valence-electron chi connectivity index (χ4n) is 4.60. The molecule has 0 aliphatic carbocycles. The molecule has 2 aliphatic heterocycles. The van der Waals surface area contributed by atoms with Crippen LogP contribution in [0.5, 0.6) is 11.5 Å². The number of carbonyl (C=O) groups is 1. The van der Waals surface area contributed by atoms with Gasteiger partial charge in [-0.15, -0.1) is 0 Å². The fourth-order valence-corrected chi connectivity index (χ4v) is 4.60. The maximum atomic E-state index is 12.6. The van der Waals surface area contributed by atoms with Crippen molar-refractivity contribution < 1.29 is 23.7 Å². The smallest absolute Gasteiger partial charge is 0.339 e. The molecule has 0 spiro atoms. The van der Waals surface area contributed by atoms with Gasteiger partial charge in [0.2, 0.25) is 0 Å². The molecule has 2 aromatic carbocycles. The summed E-state index contributed by atoms with van der Waals surface area (Å²) in [6.45, 7) is 1.90. The van der Waals surface area contributed by atoms with Gasteiger partial charge < -0.3 is 23.8 Å². The maximum Gasteiger partial charge on any atom is 0.339 e. The second kappa shape index (κ2) is 8.31. The fraction of sp³-hybridized carbons (Fsp3) is 0.360. The second-order valence-electron chi connectivity index (χ2n) is 8.21. The van der Waals surface area contributed by atoms with Crippen molar-refractivity contribution in [3.05, 3.63) is 47.7 Å². The average Bonchev–Trinajstić information content (AvgIpc) is 3.46. The highest BCUT2D eigenvalue weighted by atomic mass is 16.5. The van der Waals surface area contributed by atoms with E-state index < -0.39 is 0 Å². The number of ether oxygens (including phenoxy) is 4. The number of rotatable bonds is 6. The maximum absolute atomic E-state index is 12.6. The van der Waals surface area contributed by atoms with Crippen molar-refractivity contribution in [2.24, 2.45) is 0 Å². The third kappa shape index (κ3) is 3.52. The monoisotopic (exact) mass is 434 g/mol. The summed E-state index contributed by atoms with van der Waals surface area (Å²) in [7, 11) is 5.24. The summed E-state index contributed by atoms with van der Waals surface area (Å²) >= 11 is 0. The first kappa shape index (κ1) is 20.6. The molecule has 1 atom stereocenters. The molecule has 166 valence electrons. The van der Waals surface area contributed by atoms with Crippen molar-refractivity contribution in [2.45, 2.75) is 25.6 Å². The third-order valence-corrected chi connectivity index (χ3v) is 6.22. The number of nitrogens with zero attached hydrogens (tertiary/aromatic N) is 2. The number of cyclic esters (lactones) is 1. The number of aromatic nitrogens is 1. The Hall–Kier alpha value is -3.32. The summed E-state index contributed by atoms with van der Waals surface area (Å²) in [5.74, 6) is 1.79. The Balaban J connectivity index is 1.59. The van der Waals surface area contributed by atoms with Gasteiger partial charge in [-0.2, -0.15) is 0 Å². The first-order chi connectivity index (χ1) is 15.6. The molecular weight excluding hydrogens is 408 g/mol. The lowest BCUT2D eigenvalue weighted by atomic mass is 9.91. The quantitative estimate of drug-likeness (QED) is 0.539. The van der Waals surface area contributed by atoms with E-state index in [0.717, 1.165) is 59.3 Å². The molecule has 3 heterocycles. The summed E-state index contributed by atoms with van der Waals surface area (Å²) in [6.07, 6.45) is 4.26. The van der Waals surface area contributed by atoms with Gasteiger partial charge >= 0.3 is 5.97 Å². The molecule has 7 nitrogen and oxygen atoms in total. The molecule has 7 heteroatoms. The Kier molecular flexibility index (Phi) is 5.35. The molecule has 0 bridgehead atoms. The zero-order valence-corrected chi connectivity index (χ0v) is 18.5. The van der Waals surface area contributed by atoms with Gasteiger partial charge in [0, 0.05) is 43.1 Å². The molecule has 0 N–H and O–H groups in total. The van der Waals surface area contributed by atoms with Crippen molar-refractivity contribution in [3.63, 3.8) is 0 Å². The van der Waals surface area contributed by atoms with Crippen LogP contribution in [0.15, 0.2) is 36.5 Å². The van der Waals surface area contributed by atoms with Crippen LogP contribution in [0, 0.1) is 0 Å². The number of carbonyl (C=O) groups excluding carboxylic acids is 1. The van der Waals surface area contributed by atoms with E-state index in [-0.39, 0.29) is 18.7 Å². The zero-order chi connectivity index (χ0) is 22.2. The van der Waals surface area contributed by atoms with Crippen molar-refractivity contribution in [3.8, 4) is 22.6 Å². The highest BCUT2D eigenvalue weighted by Gasteiger charge is 2.28. The van der Waals surface area contributed by atoms with Crippen LogP contribution in [-0.4, -0.2) is 51.5 Å². The van der Waals surface area contributed by atoms with Crippen LogP contribution in [0.2, 0.25) is 0 Å². The van der Waals surface area contributed by atoms with Gasteiger partial charge in [0.25, 0.3) is 0 Å². The SMILES string of the molecule is COc1cc2cc3c(c(-c4ccc(N(C)CC5CCCO5)nc4)c2cc1OC)C(=O)OC3. The summed E-state index contributed by atoms with van der Waals surface area (Å²) < 4.78 is 22.1. The van der Waals surface area contributed by atoms with Crippen molar-refractivity contribution in [1.82, 2.24) is 4.98 Å². The number of hydrogen-bond donors (Lipinski definition) is 0. The average molecular weight is 434 g/mol. The van der Waals surface area contributed by atoms with E-state index in [1.807, 2.05) is 43.6 Å². The molecule has 3 aromatic rings. The van der Waals surface area contributed by atoms with E-state index in [1.165, 1.54) is 0 Å². The van der Waals surface area contributed by atoms with Crippen LogP contribution in [0.25, 0.3) is 21.9 Å². The minimum atomic E-state index is -0.314. The normalized spacial score (nSPS) is 17.3. The van der Waals surface area contributed by atoms with Gasteiger partial charge in [-0.1, -0.05) is 0 Å². The molecule has 0 saturated carbocycles. The number of esters is 1. The lowest BCUT2D eigenvalue weighted by Gasteiger charge is -2.22. The number of benzene rings is 2. The predicted molar refractivity (Wildman–Crippen MR) is 122 cm³/mol. The van der Waals surface area contributed by atoms with E-state index in [1.54, 1.807) is 14.2 Å². The molecule has 1 saturated heterocycles. The van der Waals surface area contributed by atoms with Crippen LogP contribution in [0.3, 0.4) is 0 Å². The number of pyridine rings is 1. The lowest BCUT2D eigenvalue weighted by molar-refractivity contribution is 0.0535. The molecule has 0 radical (unpaired) electrons. The number of likely N-dealkylation sites (N-methyl/N-ethyl adjacent to an activating group) is 1. The van der Waals surface area contributed by atoms with Gasteiger partial charge in [0.05, 0.1) is 25.9 Å². The Bertz CT molecular complexity index is 1170. The molecule has 2 aliphatic rings. The summed E-state index contributed by atoms with van der Waals surface area (Å²) in [5, 5.41) is 1.84. The Labute approximate surface area is 186 Å². The topological polar surface area (TPSA) is 70.1 Å². The first-order valence-corrected chi connectivity index (χ1v) is 10.8. The van der Waals surface area contributed by atoms with Gasteiger partial charge in [0.15, 0.2) is 11.5 Å². The Morgan fingerprint density at radius 3 is 2.62 bits per heavy atom. The molecule has 32 heavy (non-hydrogen) atoms.